The van der Waals surface area contributed by atoms with Crippen molar-refractivity contribution in [1.82, 2.24) is 39.9 Å². The van der Waals surface area contributed by atoms with Crippen LogP contribution in [0.15, 0.2) is 58.7 Å². The molecule has 14 heteroatoms. The molecule has 0 radical (unpaired) electrons. The topological polar surface area (TPSA) is 161 Å². The van der Waals surface area contributed by atoms with Crippen LogP contribution in [0.5, 0.6) is 0 Å². The number of hydrogen-bond acceptors (Lipinski definition) is 6. The summed E-state index contributed by atoms with van der Waals surface area (Å²) in [6.45, 7) is 3.96. The van der Waals surface area contributed by atoms with Gasteiger partial charge in [0.2, 0.25) is 0 Å². The van der Waals surface area contributed by atoms with Gasteiger partial charge in [-0.3, -0.25) is 0 Å². The Morgan fingerprint density at radius 2 is 0.360 bits per heavy atom. The summed E-state index contributed by atoms with van der Waals surface area (Å²) in [6.07, 6.45) is 78.5. The standard InChI is InChI=1S/2C44H52N4.C12H20N4.2Zn/c2*1-5-13-29(14-6-1)41-33-21-23-35(45-33)42(30-15-7-2-8-16-30)37-25-27-39(47-37)44(32-19-11-4-12-20-32)40-28-26-38(48-40)43(31-17-9-3-10-18-31)36-24-22-34(41)46-36;1-5-13-6-2-11(1)9-15-16-10-12-3-7-14-8-4-12;;/h2*21-32H,1-20H2;9-12H,1-8H2;;/q3*-2;;. The Morgan fingerprint density at radius 3 is 0.509 bits per heavy atom. The van der Waals surface area contributed by atoms with Gasteiger partial charge in [0.05, 0.1) is 45.6 Å². The van der Waals surface area contributed by atoms with Gasteiger partial charge in [0.1, 0.15) is 0 Å². The summed E-state index contributed by atoms with van der Waals surface area (Å²) in [4.78, 5) is 44.6. The van der Waals surface area contributed by atoms with E-state index in [1.807, 2.05) is 12.4 Å². The Bertz CT molecular complexity index is 3950. The summed E-state index contributed by atoms with van der Waals surface area (Å²) < 4.78 is 0. The molecule has 6 aliphatic heterocycles. The molecule has 0 amide bonds. The second-order valence-corrected chi connectivity index (χ2v) is 36.3. The van der Waals surface area contributed by atoms with E-state index >= 15 is 0 Å². The summed E-state index contributed by atoms with van der Waals surface area (Å²) in [5, 5.41) is 17.0. The smallest absolute Gasteiger partial charge is 0.0660 e. The van der Waals surface area contributed by atoms with E-state index in [1.165, 1.54) is 301 Å². The van der Waals surface area contributed by atoms with Crippen molar-refractivity contribution < 1.29 is 39.0 Å². The van der Waals surface area contributed by atoms with Crippen LogP contribution in [0.25, 0.3) is 103 Å². The number of aromatic nitrogens is 8. The number of hydrogen-bond donors (Lipinski definition) is 0. The SMILES string of the molecule is C(=NN=CC1CC[N-]CC1)C1CC[N-]CC1.C1=Cc2nc1c(C1CCCCC1)c1ccc([n-]1)c(C1CCCCC1)c1nc(c(C3CCCCC3)c3ccc([n-]3)c2C2CCCCC2)C=C1.C1=Cc2nc1c(C1CCCCC1)c1ccc([n-]1)c(C1CCCCC1)c1nc(c(C3CCCCC3)c3ccc([n-]3)c2C2CCCCC2)C=C1.[Zn].[Zn]. The molecule has 2 saturated heterocycles. The average molecular weight is 1620 g/mol. The first kappa shape index (κ1) is 81.4. The fourth-order valence-electron chi connectivity index (χ4n) is 22.9. The Labute approximate surface area is 706 Å². The van der Waals surface area contributed by atoms with Crippen LogP contribution in [0.2, 0.25) is 0 Å². The van der Waals surface area contributed by atoms with Gasteiger partial charge in [-0.2, -0.15) is 10.2 Å². The Hall–Kier alpha value is -6.29. The van der Waals surface area contributed by atoms with E-state index in [9.17, 15) is 0 Å². The molecule has 0 spiro atoms. The summed E-state index contributed by atoms with van der Waals surface area (Å²) in [6, 6.07) is 18.6. The number of fused-ring (bicyclic) bond motifs is 16. The van der Waals surface area contributed by atoms with Crippen molar-refractivity contribution in [2.24, 2.45) is 22.0 Å². The molecule has 20 rings (SSSR count). The molecule has 114 heavy (non-hydrogen) atoms. The van der Waals surface area contributed by atoms with Crippen molar-refractivity contribution in [2.75, 3.05) is 26.2 Å². The maximum absolute atomic E-state index is 5.57. The summed E-state index contributed by atoms with van der Waals surface area (Å²) in [5.74, 6) is 5.29. The van der Waals surface area contributed by atoms with Crippen molar-refractivity contribution >= 4 is 105 Å². The van der Waals surface area contributed by atoms with Gasteiger partial charge in [-0.15, -0.1) is 70.3 Å². The van der Waals surface area contributed by atoms with Gasteiger partial charge in [0.15, 0.2) is 0 Å². The molecular weight excluding hydrogens is 1500 g/mol. The molecule has 0 atom stereocenters. The first-order valence-electron chi connectivity index (χ1n) is 46.0. The molecular formula is C100H124N12Zn2-6. The zero-order chi connectivity index (χ0) is 74.8. The van der Waals surface area contributed by atoms with Crippen LogP contribution in [0.1, 0.15) is 420 Å². The summed E-state index contributed by atoms with van der Waals surface area (Å²) in [7, 11) is 0. The van der Waals surface area contributed by atoms with Crippen LogP contribution in [0.4, 0.5) is 0 Å². The van der Waals surface area contributed by atoms with Crippen molar-refractivity contribution in [3.63, 3.8) is 0 Å². The quantitative estimate of drug-likeness (QED) is 0.0702. The first-order valence-corrected chi connectivity index (χ1v) is 46.0. The van der Waals surface area contributed by atoms with E-state index in [0.29, 0.717) is 59.2 Å². The third-order valence-electron chi connectivity index (χ3n) is 28.9. The maximum Gasteiger partial charge on any atom is 0.0660 e. The minimum Gasteiger partial charge on any atom is -0.662 e. The number of rotatable bonds is 11. The fourth-order valence-corrected chi connectivity index (χ4v) is 22.9. The van der Waals surface area contributed by atoms with E-state index in [4.69, 9.17) is 39.9 Å². The fraction of sp³-hybridized carbons (Fsp3) is 0.580. The van der Waals surface area contributed by atoms with E-state index in [0.717, 1.165) is 142 Å². The molecule has 12 nitrogen and oxygen atoms in total. The van der Waals surface area contributed by atoms with Gasteiger partial charge >= 0.3 is 0 Å². The second kappa shape index (κ2) is 39.5. The molecule has 0 unspecified atom stereocenters. The van der Waals surface area contributed by atoms with E-state index in [2.05, 4.69) is 118 Å². The largest absolute Gasteiger partial charge is 0.662 e. The van der Waals surface area contributed by atoms with Crippen molar-refractivity contribution in [2.45, 2.75) is 330 Å². The molecule has 10 fully saturated rings. The van der Waals surface area contributed by atoms with Crippen LogP contribution in [0.3, 0.4) is 0 Å². The van der Waals surface area contributed by atoms with E-state index in [-0.39, 0.29) is 39.0 Å². The molecule has 16 bridgehead atoms. The predicted molar refractivity (Wildman–Crippen MR) is 469 cm³/mol. The van der Waals surface area contributed by atoms with Gasteiger partial charge < -0.3 is 30.6 Å². The van der Waals surface area contributed by atoms with E-state index < -0.39 is 0 Å². The van der Waals surface area contributed by atoms with Gasteiger partial charge in [-0.25, -0.2) is 19.9 Å². The van der Waals surface area contributed by atoms with Gasteiger partial charge in [-0.1, -0.05) is 228 Å². The van der Waals surface area contributed by atoms with Crippen LogP contribution in [0, 0.1) is 11.8 Å². The molecule has 14 aliphatic rings. The maximum atomic E-state index is 5.57. The summed E-state index contributed by atoms with van der Waals surface area (Å²) in [5.41, 5.74) is 29.4. The minimum absolute atomic E-state index is 0. The molecule has 0 N–H and O–H groups in total. The molecule has 12 heterocycles. The van der Waals surface area contributed by atoms with E-state index in [1.54, 1.807) is 0 Å². The normalized spacial score (nSPS) is 21.9. The third kappa shape index (κ3) is 18.7. The van der Waals surface area contributed by atoms with Crippen LogP contribution in [-0.4, -0.2) is 58.5 Å². The van der Waals surface area contributed by atoms with Crippen LogP contribution >= 0.6 is 0 Å². The van der Waals surface area contributed by atoms with Crippen molar-refractivity contribution in [3.8, 4) is 0 Å². The molecule has 8 saturated carbocycles. The molecule has 6 aromatic rings. The minimum atomic E-state index is 0. The Kier molecular flexibility index (Phi) is 28.2. The first-order chi connectivity index (χ1) is 55.5. The predicted octanol–water partition coefficient (Wildman–Crippen LogP) is 26.8. The summed E-state index contributed by atoms with van der Waals surface area (Å²) >= 11 is 0. The molecule has 6 aromatic heterocycles. The van der Waals surface area contributed by atoms with Gasteiger partial charge in [0, 0.05) is 51.4 Å². The molecule has 0 aromatic carbocycles. The average Bonchev–Trinajstić information content (AvgIpc) is 1.62. The van der Waals surface area contributed by atoms with Gasteiger partial charge in [-0.05, 0) is 255 Å². The second-order valence-electron chi connectivity index (χ2n) is 36.3. The Balaban J connectivity index is 0.000000142. The Morgan fingerprint density at radius 1 is 0.211 bits per heavy atom. The van der Waals surface area contributed by atoms with Crippen molar-refractivity contribution in [3.05, 3.63) is 149 Å². The van der Waals surface area contributed by atoms with Crippen molar-refractivity contribution in [1.29, 1.82) is 0 Å². The number of nitrogens with zero attached hydrogens (tertiary/aromatic N) is 12. The zero-order valence-electron chi connectivity index (χ0n) is 68.9. The van der Waals surface area contributed by atoms with Crippen LogP contribution < -0.4 is 19.9 Å². The molecule has 594 valence electrons. The molecule has 8 aliphatic carbocycles. The van der Waals surface area contributed by atoms with Crippen LogP contribution in [-0.2, 0) is 39.0 Å². The van der Waals surface area contributed by atoms with Gasteiger partial charge in [0.25, 0.3) is 0 Å². The zero-order valence-corrected chi connectivity index (χ0v) is 74.8. The third-order valence-corrected chi connectivity index (χ3v) is 28.9. The number of piperidine rings is 2. The monoisotopic (exact) mass is 1620 g/mol.